The topological polar surface area (TPSA) is 171 Å². The number of unbranched alkanes of at least 4 members (excludes halogenated alkanes) is 1. The first-order valence-corrected chi connectivity index (χ1v) is 14.1. The van der Waals surface area contributed by atoms with Crippen LogP contribution in [0.2, 0.25) is 0 Å². The Bertz CT molecular complexity index is 957. The van der Waals surface area contributed by atoms with E-state index in [1.54, 1.807) is 11.1 Å². The maximum atomic E-state index is 13.6. The summed E-state index contributed by atoms with van der Waals surface area (Å²) in [5.74, 6) is -1.29. The summed E-state index contributed by atoms with van der Waals surface area (Å²) in [6.07, 6.45) is 8.64. The van der Waals surface area contributed by atoms with Crippen molar-refractivity contribution >= 4 is 27.7 Å². The van der Waals surface area contributed by atoms with Crippen LogP contribution in [-0.2, 0) is 30.8 Å². The number of nitrogens with two attached hydrogens (primary N) is 1. The fraction of sp³-hybridized carbons (Fsp3) is 0.727. The van der Waals surface area contributed by atoms with Gasteiger partial charge in [-0.3, -0.25) is 19.3 Å². The van der Waals surface area contributed by atoms with E-state index in [2.05, 4.69) is 20.0 Å². The van der Waals surface area contributed by atoms with Crippen LogP contribution in [0.15, 0.2) is 12.5 Å². The molecule has 2 aliphatic heterocycles. The molecule has 0 aromatic carbocycles. The Balaban J connectivity index is 1.82. The Morgan fingerprint density at radius 2 is 2.00 bits per heavy atom. The number of imidazole rings is 1. The highest BCUT2D eigenvalue weighted by atomic mass is 32.2. The molecule has 1 aromatic heterocycles. The zero-order chi connectivity index (χ0) is 25.4. The number of rotatable bonds is 12. The highest BCUT2D eigenvalue weighted by molar-refractivity contribution is 7.88. The van der Waals surface area contributed by atoms with E-state index in [9.17, 15) is 22.8 Å². The van der Waals surface area contributed by atoms with Crippen molar-refractivity contribution in [3.63, 3.8) is 0 Å². The van der Waals surface area contributed by atoms with Gasteiger partial charge in [0.05, 0.1) is 30.4 Å². The number of aromatic amines is 1. The third-order valence-corrected chi connectivity index (χ3v) is 7.15. The number of sulfonamides is 1. The summed E-state index contributed by atoms with van der Waals surface area (Å²) in [5, 5.41) is 3.13. The molecule has 2 fully saturated rings. The number of carbonyl (C=O) groups excluding carboxylic acids is 3. The molecule has 3 atom stereocenters. The fourth-order valence-electron chi connectivity index (χ4n) is 4.60. The molecule has 5 N–H and O–H groups in total. The molecule has 2 aliphatic rings. The van der Waals surface area contributed by atoms with E-state index < -0.39 is 40.0 Å². The monoisotopic (exact) mass is 511 g/mol. The highest BCUT2D eigenvalue weighted by Crippen LogP contribution is 2.21. The molecular weight excluding hydrogens is 474 g/mol. The van der Waals surface area contributed by atoms with Crippen molar-refractivity contribution in [1.82, 2.24) is 29.8 Å². The Kier molecular flexibility index (Phi) is 9.78. The Morgan fingerprint density at radius 1 is 1.26 bits per heavy atom. The average Bonchev–Trinajstić information content (AvgIpc) is 3.59. The molecule has 196 valence electrons. The number of likely N-dealkylation sites (tertiary alicyclic amines) is 1. The zero-order valence-electron chi connectivity index (χ0n) is 20.2. The van der Waals surface area contributed by atoms with E-state index >= 15 is 0 Å². The maximum absolute atomic E-state index is 13.6. The third-order valence-electron chi connectivity index (χ3n) is 6.42. The van der Waals surface area contributed by atoms with Crippen LogP contribution in [0.3, 0.4) is 0 Å². The van der Waals surface area contributed by atoms with Gasteiger partial charge in [-0.15, -0.1) is 0 Å². The second-order valence-electron chi connectivity index (χ2n) is 9.28. The van der Waals surface area contributed by atoms with Gasteiger partial charge in [-0.05, 0) is 51.5 Å². The molecule has 0 radical (unpaired) electrons. The van der Waals surface area contributed by atoms with Crippen LogP contribution in [0, 0.1) is 0 Å². The molecule has 12 nitrogen and oxygen atoms in total. The van der Waals surface area contributed by atoms with Crippen LogP contribution in [0.1, 0.15) is 50.6 Å². The van der Waals surface area contributed by atoms with Crippen molar-refractivity contribution in [3.05, 3.63) is 18.2 Å². The van der Waals surface area contributed by atoms with Gasteiger partial charge in [-0.1, -0.05) is 0 Å². The second kappa shape index (κ2) is 12.6. The lowest BCUT2D eigenvalue weighted by Crippen LogP contribution is -2.60. The van der Waals surface area contributed by atoms with Gasteiger partial charge in [-0.2, -0.15) is 0 Å². The Labute approximate surface area is 206 Å². The van der Waals surface area contributed by atoms with E-state index in [0.717, 1.165) is 30.4 Å². The van der Waals surface area contributed by atoms with Crippen molar-refractivity contribution in [2.75, 3.05) is 32.4 Å². The highest BCUT2D eigenvalue weighted by Gasteiger charge is 2.42. The van der Waals surface area contributed by atoms with Gasteiger partial charge in [0.1, 0.15) is 6.04 Å². The predicted octanol–water partition coefficient (Wildman–Crippen LogP) is -0.903. The summed E-state index contributed by atoms with van der Waals surface area (Å²) in [5.41, 5.74) is 6.83. The van der Waals surface area contributed by atoms with Gasteiger partial charge >= 0.3 is 0 Å². The minimum absolute atomic E-state index is 0.132. The normalized spacial score (nSPS) is 20.1. The molecule has 3 amide bonds. The number of imide groups is 1. The number of nitrogens with zero attached hydrogens (tertiary/aromatic N) is 3. The number of amides is 3. The zero-order valence-corrected chi connectivity index (χ0v) is 21.1. The summed E-state index contributed by atoms with van der Waals surface area (Å²) in [7, 11) is -3.32. The van der Waals surface area contributed by atoms with Gasteiger partial charge in [-0.25, -0.2) is 18.1 Å². The number of hydrogen-bond donors (Lipinski definition) is 4. The lowest BCUT2D eigenvalue weighted by atomic mass is 10.0. The summed E-state index contributed by atoms with van der Waals surface area (Å²) < 4.78 is 25.1. The summed E-state index contributed by atoms with van der Waals surface area (Å²) >= 11 is 0. The molecule has 3 unspecified atom stereocenters. The van der Waals surface area contributed by atoms with Crippen molar-refractivity contribution in [2.24, 2.45) is 5.73 Å². The minimum atomic E-state index is -3.32. The molecule has 3 heterocycles. The van der Waals surface area contributed by atoms with Gasteiger partial charge in [0.15, 0.2) is 0 Å². The fourth-order valence-corrected chi connectivity index (χ4v) is 5.12. The average molecular weight is 512 g/mol. The van der Waals surface area contributed by atoms with Crippen molar-refractivity contribution in [1.29, 1.82) is 0 Å². The standard InChI is InChI=1S/C22H37N7O5S/c1-35(33,34)27-10-3-2-8-19(22(32)28-11-4-5-12-28)29(21(31)18-7-6-9-25-18)20(30)17(23)13-16-14-24-15-26-16/h14-15,17-19,25,27H,2-13,23H2,1H3,(H,24,26). The molecule has 35 heavy (non-hydrogen) atoms. The molecule has 0 aliphatic carbocycles. The summed E-state index contributed by atoms with van der Waals surface area (Å²) in [6, 6.07) is -2.57. The van der Waals surface area contributed by atoms with Crippen molar-refractivity contribution in [3.8, 4) is 0 Å². The van der Waals surface area contributed by atoms with Gasteiger partial charge in [0.2, 0.25) is 27.7 Å². The largest absolute Gasteiger partial charge is 0.351 e. The lowest BCUT2D eigenvalue weighted by Gasteiger charge is -2.35. The van der Waals surface area contributed by atoms with Gasteiger partial charge in [0.25, 0.3) is 0 Å². The molecule has 0 spiro atoms. The Morgan fingerprint density at radius 3 is 2.60 bits per heavy atom. The van der Waals surface area contributed by atoms with Crippen molar-refractivity contribution < 1.29 is 22.8 Å². The molecule has 0 saturated carbocycles. The van der Waals surface area contributed by atoms with Crippen LogP contribution < -0.4 is 15.8 Å². The minimum Gasteiger partial charge on any atom is -0.351 e. The predicted molar refractivity (Wildman–Crippen MR) is 129 cm³/mol. The van der Waals surface area contributed by atoms with E-state index in [-0.39, 0.29) is 25.3 Å². The first-order valence-electron chi connectivity index (χ1n) is 12.2. The summed E-state index contributed by atoms with van der Waals surface area (Å²) in [4.78, 5) is 50.5. The van der Waals surface area contributed by atoms with Gasteiger partial charge < -0.3 is 20.9 Å². The number of aromatic nitrogens is 2. The van der Waals surface area contributed by atoms with E-state index in [0.29, 0.717) is 44.6 Å². The smallest absolute Gasteiger partial charge is 0.247 e. The van der Waals surface area contributed by atoms with Crippen LogP contribution >= 0.6 is 0 Å². The molecule has 0 bridgehead atoms. The number of H-pyrrole nitrogens is 1. The number of hydrogen-bond acceptors (Lipinski definition) is 8. The maximum Gasteiger partial charge on any atom is 0.247 e. The van der Waals surface area contributed by atoms with Crippen LogP contribution in [0.4, 0.5) is 0 Å². The first kappa shape index (κ1) is 27.2. The molecule has 3 rings (SSSR count). The number of carbonyl (C=O) groups is 3. The molecule has 2 saturated heterocycles. The van der Waals surface area contributed by atoms with Crippen LogP contribution in [-0.4, -0.2) is 96.5 Å². The lowest BCUT2D eigenvalue weighted by molar-refractivity contribution is -0.156. The quantitative estimate of drug-likeness (QED) is 0.261. The van der Waals surface area contributed by atoms with Crippen LogP contribution in [0.5, 0.6) is 0 Å². The number of nitrogens with one attached hydrogen (secondary N) is 3. The first-order chi connectivity index (χ1) is 16.7. The van der Waals surface area contributed by atoms with E-state index in [4.69, 9.17) is 5.73 Å². The van der Waals surface area contributed by atoms with Crippen molar-refractivity contribution in [2.45, 2.75) is 69.5 Å². The van der Waals surface area contributed by atoms with Crippen LogP contribution in [0.25, 0.3) is 0 Å². The SMILES string of the molecule is CS(=O)(=O)NCCCCC(C(=O)N1CCCC1)N(C(=O)C(N)Cc1c[nH]cn1)C(=O)C1CCCN1. The van der Waals surface area contributed by atoms with E-state index in [1.807, 2.05) is 0 Å². The molecular formula is C22H37N7O5S. The van der Waals surface area contributed by atoms with Gasteiger partial charge in [0, 0.05) is 32.3 Å². The molecule has 13 heteroatoms. The third kappa shape index (κ3) is 7.82. The summed E-state index contributed by atoms with van der Waals surface area (Å²) in [6.45, 7) is 2.05. The Hall–Kier alpha value is -2.35. The second-order valence-corrected chi connectivity index (χ2v) is 11.1. The van der Waals surface area contributed by atoms with E-state index in [1.165, 1.54) is 6.33 Å². The molecule has 1 aromatic rings.